The van der Waals surface area contributed by atoms with Crippen LogP contribution >= 0.6 is 11.3 Å². The molecule has 118 valence electrons. The number of nitrogens with one attached hydrogen (secondary N) is 1. The molecule has 23 heavy (non-hydrogen) atoms. The van der Waals surface area contributed by atoms with Gasteiger partial charge in [0.2, 0.25) is 5.91 Å². The van der Waals surface area contributed by atoms with E-state index in [1.165, 1.54) is 37.0 Å². The number of aromatic nitrogens is 1. The summed E-state index contributed by atoms with van der Waals surface area (Å²) in [6.45, 7) is 0. The number of rotatable bonds is 5. The first-order valence-electron chi connectivity index (χ1n) is 8.04. The maximum absolute atomic E-state index is 12.9. The zero-order valence-electron chi connectivity index (χ0n) is 13.0. The standard InChI is InChI=1S/C19H20N2OS/c1-2-15-9-5-6-10-16(15)17(13-14-7-3-4-8-14)18(22)21-19-20-11-12-23-19/h1,5-6,9-12,14,17H,3-4,7-8,13H2,(H,20,21,22). The van der Waals surface area contributed by atoms with Gasteiger partial charge in [-0.2, -0.15) is 0 Å². The van der Waals surface area contributed by atoms with Crippen molar-refractivity contribution in [3.05, 3.63) is 47.0 Å². The molecule has 3 nitrogen and oxygen atoms in total. The molecule has 1 aliphatic rings. The highest BCUT2D eigenvalue weighted by atomic mass is 32.1. The Morgan fingerprint density at radius 2 is 2.17 bits per heavy atom. The van der Waals surface area contributed by atoms with Crippen molar-refractivity contribution in [2.45, 2.75) is 38.0 Å². The first-order chi connectivity index (χ1) is 11.3. The molecular formula is C19H20N2OS. The molecule has 1 atom stereocenters. The van der Waals surface area contributed by atoms with Gasteiger partial charge in [0.1, 0.15) is 0 Å². The van der Waals surface area contributed by atoms with E-state index in [1.54, 1.807) is 6.20 Å². The van der Waals surface area contributed by atoms with Crippen LogP contribution in [0.1, 0.15) is 49.1 Å². The molecule has 0 spiro atoms. The molecule has 1 aliphatic carbocycles. The number of benzene rings is 1. The third-order valence-electron chi connectivity index (χ3n) is 4.51. The first kappa shape index (κ1) is 15.8. The molecule has 1 saturated carbocycles. The predicted octanol–water partition coefficient (Wildman–Crippen LogP) is 4.43. The summed E-state index contributed by atoms with van der Waals surface area (Å²) in [4.78, 5) is 17.0. The van der Waals surface area contributed by atoms with E-state index in [0.717, 1.165) is 17.5 Å². The first-order valence-corrected chi connectivity index (χ1v) is 8.92. The van der Waals surface area contributed by atoms with E-state index in [2.05, 4.69) is 16.2 Å². The van der Waals surface area contributed by atoms with Gasteiger partial charge >= 0.3 is 0 Å². The Bertz CT molecular complexity index is 696. The monoisotopic (exact) mass is 324 g/mol. The Morgan fingerprint density at radius 3 is 2.87 bits per heavy atom. The second-order valence-corrected chi connectivity index (χ2v) is 6.89. The molecule has 1 N–H and O–H groups in total. The molecule has 0 aliphatic heterocycles. The van der Waals surface area contributed by atoms with Crippen molar-refractivity contribution in [2.75, 3.05) is 5.32 Å². The van der Waals surface area contributed by atoms with Crippen molar-refractivity contribution in [3.63, 3.8) is 0 Å². The third kappa shape index (κ3) is 3.80. The van der Waals surface area contributed by atoms with Crippen LogP contribution < -0.4 is 5.32 Å². The highest BCUT2D eigenvalue weighted by molar-refractivity contribution is 7.13. The smallest absolute Gasteiger partial charge is 0.233 e. The minimum absolute atomic E-state index is 0.00505. The summed E-state index contributed by atoms with van der Waals surface area (Å²) in [5, 5.41) is 5.45. The van der Waals surface area contributed by atoms with E-state index < -0.39 is 0 Å². The van der Waals surface area contributed by atoms with Crippen LogP contribution in [0.4, 0.5) is 5.13 Å². The fraction of sp³-hybridized carbons (Fsp3) is 0.368. The van der Waals surface area contributed by atoms with Crippen LogP contribution in [-0.4, -0.2) is 10.9 Å². The number of terminal acetylenes is 1. The van der Waals surface area contributed by atoms with Crippen LogP contribution in [0, 0.1) is 18.3 Å². The summed E-state index contributed by atoms with van der Waals surface area (Å²) in [5.41, 5.74) is 1.76. The summed E-state index contributed by atoms with van der Waals surface area (Å²) >= 11 is 1.43. The van der Waals surface area contributed by atoms with E-state index in [1.807, 2.05) is 29.6 Å². The predicted molar refractivity (Wildman–Crippen MR) is 94.4 cm³/mol. The minimum Gasteiger partial charge on any atom is -0.301 e. The maximum Gasteiger partial charge on any atom is 0.233 e. The van der Waals surface area contributed by atoms with Crippen LogP contribution in [0.25, 0.3) is 0 Å². The molecule has 1 heterocycles. The molecule has 0 radical (unpaired) electrons. The second-order valence-electron chi connectivity index (χ2n) is 6.00. The van der Waals surface area contributed by atoms with Gasteiger partial charge in [0.05, 0.1) is 5.92 Å². The number of carbonyl (C=O) groups excluding carboxylic acids is 1. The van der Waals surface area contributed by atoms with Crippen LogP contribution in [0.15, 0.2) is 35.8 Å². The third-order valence-corrected chi connectivity index (χ3v) is 5.20. The van der Waals surface area contributed by atoms with Gasteiger partial charge in [-0.25, -0.2) is 4.98 Å². The van der Waals surface area contributed by atoms with Crippen molar-refractivity contribution in [3.8, 4) is 12.3 Å². The van der Waals surface area contributed by atoms with Crippen molar-refractivity contribution in [1.29, 1.82) is 0 Å². The van der Waals surface area contributed by atoms with Crippen molar-refractivity contribution >= 4 is 22.4 Å². The highest BCUT2D eigenvalue weighted by Gasteiger charge is 2.28. The number of nitrogens with zero attached hydrogens (tertiary/aromatic N) is 1. The lowest BCUT2D eigenvalue weighted by atomic mass is 9.85. The van der Waals surface area contributed by atoms with Gasteiger partial charge in [0.15, 0.2) is 5.13 Å². The zero-order chi connectivity index (χ0) is 16.1. The number of hydrogen-bond donors (Lipinski definition) is 1. The molecule has 1 fully saturated rings. The summed E-state index contributed by atoms with van der Waals surface area (Å²) in [5.74, 6) is 3.11. The number of hydrogen-bond acceptors (Lipinski definition) is 3. The number of carbonyl (C=O) groups is 1. The Kier molecular flexibility index (Phi) is 5.09. The van der Waals surface area contributed by atoms with Gasteiger partial charge in [0.25, 0.3) is 0 Å². The summed E-state index contributed by atoms with van der Waals surface area (Å²) in [6.07, 6.45) is 13.1. The topological polar surface area (TPSA) is 42.0 Å². The molecule has 1 amide bonds. The Hall–Kier alpha value is -2.12. The summed E-state index contributed by atoms with van der Waals surface area (Å²) < 4.78 is 0. The van der Waals surface area contributed by atoms with Gasteiger partial charge in [-0.1, -0.05) is 49.8 Å². The average Bonchev–Trinajstić information content (AvgIpc) is 3.26. The molecule has 3 rings (SSSR count). The van der Waals surface area contributed by atoms with Crippen LogP contribution in [0.5, 0.6) is 0 Å². The lowest BCUT2D eigenvalue weighted by Crippen LogP contribution is -2.23. The molecule has 2 aromatic rings. The lowest BCUT2D eigenvalue weighted by Gasteiger charge is -2.21. The summed E-state index contributed by atoms with van der Waals surface area (Å²) in [7, 11) is 0. The number of thiazole rings is 1. The van der Waals surface area contributed by atoms with E-state index in [0.29, 0.717) is 11.0 Å². The number of anilines is 1. The SMILES string of the molecule is C#Cc1ccccc1C(CC1CCCC1)C(=O)Nc1nccs1. The Labute approximate surface area is 141 Å². The van der Waals surface area contributed by atoms with E-state index in [4.69, 9.17) is 6.42 Å². The lowest BCUT2D eigenvalue weighted by molar-refractivity contribution is -0.118. The van der Waals surface area contributed by atoms with Gasteiger partial charge in [-0.15, -0.1) is 17.8 Å². The molecule has 1 aromatic carbocycles. The van der Waals surface area contributed by atoms with E-state index in [-0.39, 0.29) is 11.8 Å². The molecule has 0 saturated heterocycles. The Balaban J connectivity index is 1.86. The van der Waals surface area contributed by atoms with Gasteiger partial charge in [-0.05, 0) is 24.0 Å². The number of amides is 1. The molecule has 1 aromatic heterocycles. The van der Waals surface area contributed by atoms with E-state index >= 15 is 0 Å². The molecule has 4 heteroatoms. The van der Waals surface area contributed by atoms with E-state index in [9.17, 15) is 4.79 Å². The maximum atomic E-state index is 12.9. The van der Waals surface area contributed by atoms with Crippen molar-refractivity contribution in [1.82, 2.24) is 4.98 Å². The minimum atomic E-state index is -0.214. The fourth-order valence-corrected chi connectivity index (χ4v) is 3.90. The Morgan fingerprint density at radius 1 is 1.39 bits per heavy atom. The van der Waals surface area contributed by atoms with Gasteiger partial charge in [0, 0.05) is 17.1 Å². The normalized spacial score (nSPS) is 16.0. The molecule has 0 bridgehead atoms. The second kappa shape index (κ2) is 7.43. The largest absolute Gasteiger partial charge is 0.301 e. The van der Waals surface area contributed by atoms with Crippen LogP contribution in [-0.2, 0) is 4.79 Å². The van der Waals surface area contributed by atoms with Crippen molar-refractivity contribution in [2.24, 2.45) is 5.92 Å². The average molecular weight is 324 g/mol. The quantitative estimate of drug-likeness (QED) is 0.827. The van der Waals surface area contributed by atoms with Crippen molar-refractivity contribution < 1.29 is 4.79 Å². The highest BCUT2D eigenvalue weighted by Crippen LogP contribution is 2.35. The zero-order valence-corrected chi connectivity index (χ0v) is 13.8. The van der Waals surface area contributed by atoms with Gasteiger partial charge in [-0.3, -0.25) is 4.79 Å². The van der Waals surface area contributed by atoms with Crippen LogP contribution in [0.3, 0.4) is 0 Å². The summed E-state index contributed by atoms with van der Waals surface area (Å²) in [6, 6.07) is 7.77. The molecular weight excluding hydrogens is 304 g/mol. The van der Waals surface area contributed by atoms with Crippen LogP contribution in [0.2, 0.25) is 0 Å². The molecule has 1 unspecified atom stereocenters. The van der Waals surface area contributed by atoms with Gasteiger partial charge < -0.3 is 5.32 Å². The fourth-order valence-electron chi connectivity index (χ4n) is 3.36.